The van der Waals surface area contributed by atoms with Gasteiger partial charge in [0.25, 0.3) is 5.56 Å². The van der Waals surface area contributed by atoms with Crippen LogP contribution in [0.15, 0.2) is 58.7 Å². The van der Waals surface area contributed by atoms with Gasteiger partial charge in [0.1, 0.15) is 0 Å². The van der Waals surface area contributed by atoms with Crippen molar-refractivity contribution in [2.24, 2.45) is 0 Å². The fourth-order valence-corrected chi connectivity index (χ4v) is 3.86. The zero-order chi connectivity index (χ0) is 19.7. The Morgan fingerprint density at radius 2 is 2.11 bits per heavy atom. The highest BCUT2D eigenvalue weighted by Gasteiger charge is 2.15. The van der Waals surface area contributed by atoms with E-state index < -0.39 is 0 Å². The maximum Gasteiger partial charge on any atom is 0.272 e. The second kappa shape index (κ2) is 7.44. The number of aromatic nitrogens is 3. The Hall–Kier alpha value is -3.19. The van der Waals surface area contributed by atoms with Crippen LogP contribution in [-0.2, 0) is 11.2 Å². The van der Waals surface area contributed by atoms with Crippen molar-refractivity contribution in [3.63, 3.8) is 0 Å². The monoisotopic (exact) mass is 392 g/mol. The predicted molar refractivity (Wildman–Crippen MR) is 111 cm³/mol. The van der Waals surface area contributed by atoms with Gasteiger partial charge >= 0.3 is 0 Å². The highest BCUT2D eigenvalue weighted by molar-refractivity contribution is 7.13. The minimum absolute atomic E-state index is 0.103. The Kier molecular flexibility index (Phi) is 4.83. The van der Waals surface area contributed by atoms with Crippen LogP contribution in [0.1, 0.15) is 29.8 Å². The first-order valence-electron chi connectivity index (χ1n) is 9.01. The molecule has 0 radical (unpaired) electrons. The number of hydrogen-bond acceptors (Lipinski definition) is 4. The zero-order valence-electron chi connectivity index (χ0n) is 15.6. The second-order valence-electron chi connectivity index (χ2n) is 6.82. The standard InChI is InChI=1S/C21H20N4O2S/c1-13-5-3-6-15(9-13)10-20(26)22-14(2)16-12-21(27)25-19(23-16)11-17(24-25)18-7-4-8-28-18/h3-9,11-12,14,24H,10H2,1-2H3,(H,22,26)/t14-/m1/s1. The van der Waals surface area contributed by atoms with E-state index in [-0.39, 0.29) is 17.5 Å². The van der Waals surface area contributed by atoms with E-state index in [0.29, 0.717) is 17.8 Å². The SMILES string of the molecule is Cc1cccc(CC(=O)N[C@H](C)c2cc(=O)n3[nH]c(-c4cccs4)cc3n2)c1. The molecular weight excluding hydrogens is 372 g/mol. The number of amides is 1. The summed E-state index contributed by atoms with van der Waals surface area (Å²) in [4.78, 5) is 30.5. The average Bonchev–Trinajstić information content (AvgIpc) is 3.31. The molecule has 142 valence electrons. The van der Waals surface area contributed by atoms with Gasteiger partial charge in [-0.2, -0.15) is 0 Å². The quantitative estimate of drug-likeness (QED) is 0.546. The molecule has 0 aliphatic carbocycles. The first-order valence-corrected chi connectivity index (χ1v) is 9.89. The summed E-state index contributed by atoms with van der Waals surface area (Å²) in [5.41, 5.74) is 3.78. The van der Waals surface area contributed by atoms with E-state index in [2.05, 4.69) is 15.4 Å². The molecule has 0 aliphatic rings. The normalized spacial score (nSPS) is 12.2. The van der Waals surface area contributed by atoms with Gasteiger partial charge in [-0.05, 0) is 30.9 Å². The van der Waals surface area contributed by atoms with Crippen molar-refractivity contribution in [2.75, 3.05) is 0 Å². The third kappa shape index (κ3) is 3.75. The number of aromatic amines is 1. The Morgan fingerprint density at radius 3 is 2.86 bits per heavy atom. The maximum atomic E-state index is 12.5. The Balaban J connectivity index is 1.54. The smallest absolute Gasteiger partial charge is 0.272 e. The lowest BCUT2D eigenvalue weighted by Crippen LogP contribution is -2.30. The van der Waals surface area contributed by atoms with Gasteiger partial charge in [-0.1, -0.05) is 35.9 Å². The Morgan fingerprint density at radius 1 is 1.25 bits per heavy atom. The van der Waals surface area contributed by atoms with Crippen LogP contribution in [0.3, 0.4) is 0 Å². The van der Waals surface area contributed by atoms with E-state index in [1.54, 1.807) is 11.3 Å². The van der Waals surface area contributed by atoms with Crippen LogP contribution in [0.25, 0.3) is 16.2 Å². The molecule has 4 rings (SSSR count). The van der Waals surface area contributed by atoms with Crippen molar-refractivity contribution in [3.8, 4) is 10.6 Å². The molecule has 6 nitrogen and oxygen atoms in total. The van der Waals surface area contributed by atoms with Gasteiger partial charge in [-0.15, -0.1) is 11.3 Å². The van der Waals surface area contributed by atoms with E-state index in [1.165, 1.54) is 10.6 Å². The lowest BCUT2D eigenvalue weighted by Gasteiger charge is -2.13. The van der Waals surface area contributed by atoms with Gasteiger partial charge < -0.3 is 5.32 Å². The topological polar surface area (TPSA) is 79.3 Å². The van der Waals surface area contributed by atoms with E-state index in [0.717, 1.165) is 21.7 Å². The van der Waals surface area contributed by atoms with Crippen molar-refractivity contribution >= 4 is 22.9 Å². The first kappa shape index (κ1) is 18.2. The number of rotatable bonds is 5. The molecular formula is C21H20N4O2S. The van der Waals surface area contributed by atoms with Gasteiger partial charge in [0.15, 0.2) is 5.65 Å². The number of carbonyl (C=O) groups is 1. The summed E-state index contributed by atoms with van der Waals surface area (Å²) in [6.45, 7) is 3.83. The van der Waals surface area contributed by atoms with Crippen LogP contribution in [0, 0.1) is 6.92 Å². The minimum atomic E-state index is -0.366. The molecule has 7 heteroatoms. The largest absolute Gasteiger partial charge is 0.348 e. The number of thiophene rings is 1. The highest BCUT2D eigenvalue weighted by atomic mass is 32.1. The number of benzene rings is 1. The van der Waals surface area contributed by atoms with Crippen molar-refractivity contribution in [2.45, 2.75) is 26.3 Å². The molecule has 28 heavy (non-hydrogen) atoms. The van der Waals surface area contributed by atoms with Crippen LogP contribution in [0.5, 0.6) is 0 Å². The van der Waals surface area contributed by atoms with Crippen LogP contribution in [0.2, 0.25) is 0 Å². The van der Waals surface area contributed by atoms with Crippen LogP contribution in [-0.4, -0.2) is 20.5 Å². The van der Waals surface area contributed by atoms with E-state index in [9.17, 15) is 9.59 Å². The molecule has 3 aromatic heterocycles. The molecule has 0 spiro atoms. The summed E-state index contributed by atoms with van der Waals surface area (Å²) < 4.78 is 1.42. The summed E-state index contributed by atoms with van der Waals surface area (Å²) in [5, 5.41) is 7.99. The fraction of sp³-hybridized carbons (Fsp3) is 0.190. The van der Waals surface area contributed by atoms with Gasteiger partial charge in [0.2, 0.25) is 5.91 Å². The number of hydrogen-bond donors (Lipinski definition) is 2. The molecule has 0 fully saturated rings. The lowest BCUT2D eigenvalue weighted by atomic mass is 10.1. The summed E-state index contributed by atoms with van der Waals surface area (Å²) in [6.07, 6.45) is 0.292. The summed E-state index contributed by atoms with van der Waals surface area (Å²) in [6, 6.07) is 14.7. The summed E-state index contributed by atoms with van der Waals surface area (Å²) in [7, 11) is 0. The first-order chi connectivity index (χ1) is 13.5. The summed E-state index contributed by atoms with van der Waals surface area (Å²) in [5.74, 6) is -0.103. The third-order valence-corrected chi connectivity index (χ3v) is 5.43. The molecule has 1 aromatic carbocycles. The van der Waals surface area contributed by atoms with Crippen LogP contribution in [0.4, 0.5) is 0 Å². The number of fused-ring (bicyclic) bond motifs is 1. The van der Waals surface area contributed by atoms with E-state index in [4.69, 9.17) is 0 Å². The lowest BCUT2D eigenvalue weighted by molar-refractivity contribution is -0.121. The van der Waals surface area contributed by atoms with Crippen molar-refractivity contribution < 1.29 is 4.79 Å². The number of carbonyl (C=O) groups excluding carboxylic acids is 1. The molecule has 0 saturated heterocycles. The van der Waals surface area contributed by atoms with Gasteiger partial charge in [0, 0.05) is 12.1 Å². The van der Waals surface area contributed by atoms with Crippen LogP contribution >= 0.6 is 11.3 Å². The molecule has 0 saturated carbocycles. The summed E-state index contributed by atoms with van der Waals surface area (Å²) >= 11 is 1.59. The van der Waals surface area contributed by atoms with Gasteiger partial charge in [0.05, 0.1) is 28.7 Å². The average molecular weight is 392 g/mol. The van der Waals surface area contributed by atoms with Crippen molar-refractivity contribution in [1.29, 1.82) is 0 Å². The molecule has 0 unspecified atom stereocenters. The second-order valence-corrected chi connectivity index (χ2v) is 7.76. The Bertz CT molecular complexity index is 1190. The number of nitrogens with zero attached hydrogens (tertiary/aromatic N) is 2. The zero-order valence-corrected chi connectivity index (χ0v) is 16.4. The molecule has 0 bridgehead atoms. The molecule has 2 N–H and O–H groups in total. The van der Waals surface area contributed by atoms with E-state index >= 15 is 0 Å². The fourth-order valence-electron chi connectivity index (χ4n) is 3.16. The third-order valence-electron chi connectivity index (χ3n) is 4.53. The van der Waals surface area contributed by atoms with Crippen molar-refractivity contribution in [3.05, 3.63) is 81.1 Å². The molecule has 4 aromatic rings. The Labute approximate surface area is 165 Å². The molecule has 1 amide bonds. The van der Waals surface area contributed by atoms with E-state index in [1.807, 2.05) is 61.7 Å². The maximum absolute atomic E-state index is 12.5. The van der Waals surface area contributed by atoms with Crippen molar-refractivity contribution in [1.82, 2.24) is 19.9 Å². The number of nitrogens with one attached hydrogen (secondary N) is 2. The number of H-pyrrole nitrogens is 1. The molecule has 0 aliphatic heterocycles. The molecule has 3 heterocycles. The van der Waals surface area contributed by atoms with Gasteiger partial charge in [-0.25, -0.2) is 9.50 Å². The predicted octanol–water partition coefficient (Wildman–Crippen LogP) is 3.48. The molecule has 1 atom stereocenters. The number of aryl methyl sites for hydroxylation is 1. The minimum Gasteiger partial charge on any atom is -0.348 e. The highest BCUT2D eigenvalue weighted by Crippen LogP contribution is 2.23. The van der Waals surface area contributed by atoms with Crippen LogP contribution < -0.4 is 10.9 Å². The van der Waals surface area contributed by atoms with Gasteiger partial charge in [-0.3, -0.25) is 14.7 Å².